The van der Waals surface area contributed by atoms with Crippen molar-refractivity contribution in [1.82, 2.24) is 9.78 Å². The molecule has 1 aromatic heterocycles. The van der Waals surface area contributed by atoms with Gasteiger partial charge in [0.1, 0.15) is 5.82 Å². The summed E-state index contributed by atoms with van der Waals surface area (Å²) in [6, 6.07) is 0.133. The van der Waals surface area contributed by atoms with Crippen LogP contribution in [-0.2, 0) is 11.2 Å². The lowest BCUT2D eigenvalue weighted by atomic mass is 10.2. The van der Waals surface area contributed by atoms with Crippen molar-refractivity contribution in [3.63, 3.8) is 0 Å². The van der Waals surface area contributed by atoms with Crippen LogP contribution in [0.2, 0.25) is 0 Å². The fourth-order valence-electron chi connectivity index (χ4n) is 1.48. The first-order valence-electron chi connectivity index (χ1n) is 4.98. The average molecular weight is 211 g/mol. The number of hydrogen-bond donors (Lipinski definition) is 1. The molecule has 2 N–H and O–H groups in total. The van der Waals surface area contributed by atoms with Crippen LogP contribution in [0.25, 0.3) is 0 Å². The minimum Gasteiger partial charge on any atom is -0.464 e. The zero-order valence-electron chi connectivity index (χ0n) is 9.57. The third kappa shape index (κ3) is 1.95. The number of nitrogen functional groups attached to an aromatic ring is 1. The summed E-state index contributed by atoms with van der Waals surface area (Å²) in [5.74, 6) is 0.117. The second kappa shape index (κ2) is 4.33. The van der Waals surface area contributed by atoms with Crippen molar-refractivity contribution in [2.75, 3.05) is 12.8 Å². The number of nitrogens with zero attached hydrogens (tertiary/aromatic N) is 2. The maximum atomic E-state index is 11.4. The summed E-state index contributed by atoms with van der Waals surface area (Å²) < 4.78 is 6.30. The number of carbonyl (C=O) groups excluding carboxylic acids is 1. The van der Waals surface area contributed by atoms with E-state index in [0.29, 0.717) is 17.9 Å². The first-order valence-corrected chi connectivity index (χ1v) is 4.98. The molecule has 1 heterocycles. The van der Waals surface area contributed by atoms with Crippen molar-refractivity contribution in [1.29, 1.82) is 0 Å². The number of methoxy groups -OCH3 is 1. The highest BCUT2D eigenvalue weighted by Gasteiger charge is 2.21. The highest BCUT2D eigenvalue weighted by atomic mass is 16.5. The van der Waals surface area contributed by atoms with E-state index in [1.54, 1.807) is 4.68 Å². The van der Waals surface area contributed by atoms with Crippen LogP contribution in [0.3, 0.4) is 0 Å². The molecule has 0 bridgehead atoms. The van der Waals surface area contributed by atoms with Gasteiger partial charge in [-0.25, -0.2) is 9.48 Å². The van der Waals surface area contributed by atoms with E-state index in [9.17, 15) is 4.79 Å². The van der Waals surface area contributed by atoms with Gasteiger partial charge in [0.2, 0.25) is 0 Å². The molecule has 0 saturated carbocycles. The SMILES string of the molecule is CCc1c(C(=O)OC)nn(C(C)C)c1N. The van der Waals surface area contributed by atoms with E-state index in [1.165, 1.54) is 7.11 Å². The topological polar surface area (TPSA) is 70.1 Å². The monoisotopic (exact) mass is 211 g/mol. The Labute approximate surface area is 89.2 Å². The van der Waals surface area contributed by atoms with Gasteiger partial charge in [-0.05, 0) is 20.3 Å². The number of carbonyl (C=O) groups is 1. The van der Waals surface area contributed by atoms with Crippen molar-refractivity contribution >= 4 is 11.8 Å². The molecule has 15 heavy (non-hydrogen) atoms. The molecule has 0 spiro atoms. The number of anilines is 1. The van der Waals surface area contributed by atoms with Crippen LogP contribution in [0.1, 0.15) is 42.9 Å². The Kier molecular flexibility index (Phi) is 3.34. The first kappa shape index (κ1) is 11.6. The van der Waals surface area contributed by atoms with Crippen LogP contribution in [0.15, 0.2) is 0 Å². The standard InChI is InChI=1S/C10H17N3O2/c1-5-7-8(10(14)15-4)12-13(6(2)3)9(7)11/h6H,5,11H2,1-4H3. The molecule has 5 nitrogen and oxygen atoms in total. The van der Waals surface area contributed by atoms with E-state index >= 15 is 0 Å². The molecule has 0 aliphatic carbocycles. The van der Waals surface area contributed by atoms with Gasteiger partial charge in [0.15, 0.2) is 5.69 Å². The van der Waals surface area contributed by atoms with E-state index < -0.39 is 5.97 Å². The quantitative estimate of drug-likeness (QED) is 0.767. The molecular formula is C10H17N3O2. The van der Waals surface area contributed by atoms with Crippen LogP contribution in [0.5, 0.6) is 0 Å². The predicted molar refractivity (Wildman–Crippen MR) is 57.7 cm³/mol. The van der Waals surface area contributed by atoms with Gasteiger partial charge >= 0.3 is 5.97 Å². The number of rotatable bonds is 3. The summed E-state index contributed by atoms with van der Waals surface area (Å²) in [5, 5.41) is 4.17. The number of hydrogen-bond acceptors (Lipinski definition) is 4. The lowest BCUT2D eigenvalue weighted by Crippen LogP contribution is -2.08. The second-order valence-electron chi connectivity index (χ2n) is 3.60. The maximum absolute atomic E-state index is 11.4. The van der Waals surface area contributed by atoms with Gasteiger partial charge in [-0.3, -0.25) is 0 Å². The molecule has 0 radical (unpaired) electrons. The Morgan fingerprint density at radius 2 is 2.20 bits per heavy atom. The number of esters is 1. The average Bonchev–Trinajstić information content (AvgIpc) is 2.54. The van der Waals surface area contributed by atoms with Gasteiger partial charge in [-0.2, -0.15) is 5.10 Å². The highest BCUT2D eigenvalue weighted by molar-refractivity contribution is 5.90. The molecule has 0 unspecified atom stereocenters. The molecular weight excluding hydrogens is 194 g/mol. The second-order valence-corrected chi connectivity index (χ2v) is 3.60. The Morgan fingerprint density at radius 1 is 1.60 bits per heavy atom. The van der Waals surface area contributed by atoms with Gasteiger partial charge in [0.05, 0.1) is 7.11 Å². The lowest BCUT2D eigenvalue weighted by Gasteiger charge is -2.07. The fraction of sp³-hybridized carbons (Fsp3) is 0.600. The van der Waals surface area contributed by atoms with Crippen molar-refractivity contribution in [3.8, 4) is 0 Å². The zero-order valence-corrected chi connectivity index (χ0v) is 9.57. The van der Waals surface area contributed by atoms with Gasteiger partial charge in [0.25, 0.3) is 0 Å². The van der Waals surface area contributed by atoms with E-state index in [0.717, 1.165) is 5.56 Å². The van der Waals surface area contributed by atoms with Gasteiger partial charge in [-0.1, -0.05) is 6.92 Å². The van der Waals surface area contributed by atoms with E-state index in [4.69, 9.17) is 5.73 Å². The molecule has 0 fully saturated rings. The molecule has 0 atom stereocenters. The number of aromatic nitrogens is 2. The molecule has 84 valence electrons. The molecule has 1 rings (SSSR count). The minimum absolute atomic E-state index is 0.133. The molecule has 0 amide bonds. The van der Waals surface area contributed by atoms with Crippen LogP contribution in [-0.4, -0.2) is 22.9 Å². The minimum atomic E-state index is -0.432. The smallest absolute Gasteiger partial charge is 0.358 e. The van der Waals surface area contributed by atoms with Crippen molar-refractivity contribution in [2.45, 2.75) is 33.2 Å². The van der Waals surface area contributed by atoms with Gasteiger partial charge in [0, 0.05) is 11.6 Å². The van der Waals surface area contributed by atoms with Crippen LogP contribution in [0.4, 0.5) is 5.82 Å². The van der Waals surface area contributed by atoms with Crippen LogP contribution in [0, 0.1) is 0 Å². The first-order chi connectivity index (χ1) is 7.02. The summed E-state index contributed by atoms with van der Waals surface area (Å²) in [5.41, 5.74) is 6.99. The molecule has 0 saturated heterocycles. The zero-order chi connectivity index (χ0) is 11.6. The number of nitrogens with two attached hydrogens (primary N) is 1. The largest absolute Gasteiger partial charge is 0.464 e. The molecule has 0 aliphatic heterocycles. The highest BCUT2D eigenvalue weighted by Crippen LogP contribution is 2.21. The van der Waals surface area contributed by atoms with Crippen molar-refractivity contribution < 1.29 is 9.53 Å². The molecule has 5 heteroatoms. The Balaban J connectivity index is 3.27. The van der Waals surface area contributed by atoms with Gasteiger partial charge < -0.3 is 10.5 Å². The summed E-state index contributed by atoms with van der Waals surface area (Å²) in [7, 11) is 1.34. The third-order valence-corrected chi connectivity index (χ3v) is 2.27. The van der Waals surface area contributed by atoms with Crippen molar-refractivity contribution in [2.24, 2.45) is 0 Å². The fourth-order valence-corrected chi connectivity index (χ4v) is 1.48. The predicted octanol–water partition coefficient (Wildman–Crippen LogP) is 1.40. The normalized spacial score (nSPS) is 10.7. The molecule has 0 aliphatic rings. The summed E-state index contributed by atoms with van der Waals surface area (Å²) in [6.07, 6.45) is 0.670. The van der Waals surface area contributed by atoms with E-state index in [-0.39, 0.29) is 6.04 Å². The van der Waals surface area contributed by atoms with Crippen LogP contribution < -0.4 is 5.73 Å². The Hall–Kier alpha value is -1.52. The van der Waals surface area contributed by atoms with Gasteiger partial charge in [-0.15, -0.1) is 0 Å². The summed E-state index contributed by atoms with van der Waals surface area (Å²) >= 11 is 0. The molecule has 0 aromatic carbocycles. The maximum Gasteiger partial charge on any atom is 0.358 e. The third-order valence-electron chi connectivity index (χ3n) is 2.27. The Bertz CT molecular complexity index is 369. The lowest BCUT2D eigenvalue weighted by molar-refractivity contribution is 0.0591. The van der Waals surface area contributed by atoms with Crippen LogP contribution >= 0.6 is 0 Å². The number of ether oxygens (including phenoxy) is 1. The Morgan fingerprint density at radius 3 is 2.60 bits per heavy atom. The summed E-state index contributed by atoms with van der Waals surface area (Å²) in [6.45, 7) is 5.86. The molecule has 1 aromatic rings. The van der Waals surface area contributed by atoms with Crippen molar-refractivity contribution in [3.05, 3.63) is 11.3 Å². The van der Waals surface area contributed by atoms with E-state index in [1.807, 2.05) is 20.8 Å². The summed E-state index contributed by atoms with van der Waals surface area (Å²) in [4.78, 5) is 11.4. The van der Waals surface area contributed by atoms with E-state index in [2.05, 4.69) is 9.84 Å².